The van der Waals surface area contributed by atoms with Crippen molar-refractivity contribution in [3.8, 4) is 0 Å². The number of rotatable bonds is 8. The van der Waals surface area contributed by atoms with E-state index in [0.29, 0.717) is 31.0 Å². The van der Waals surface area contributed by atoms with Crippen molar-refractivity contribution in [2.45, 2.75) is 44.7 Å². The van der Waals surface area contributed by atoms with E-state index >= 15 is 0 Å². The van der Waals surface area contributed by atoms with Crippen molar-refractivity contribution in [3.05, 3.63) is 77.9 Å². The van der Waals surface area contributed by atoms with E-state index in [4.69, 9.17) is 4.74 Å². The molecule has 5 heteroatoms. The second-order valence-corrected chi connectivity index (χ2v) is 10.1. The first kappa shape index (κ1) is 23.8. The Kier molecular flexibility index (Phi) is 7.65. The van der Waals surface area contributed by atoms with Gasteiger partial charge in [0.1, 0.15) is 0 Å². The minimum atomic E-state index is -0.121. The van der Waals surface area contributed by atoms with Gasteiger partial charge in [-0.25, -0.2) is 0 Å². The Hall–Kier alpha value is -2.89. The Morgan fingerprint density at radius 3 is 2.63 bits per heavy atom. The van der Waals surface area contributed by atoms with Gasteiger partial charge in [0.15, 0.2) is 0 Å². The van der Waals surface area contributed by atoms with Crippen LogP contribution in [-0.4, -0.2) is 44.8 Å². The SMILES string of the molecule is C[C@@H](N[C@H]1CCN(c2ccc(CC(=O)OCC3CCNCC3)cc2)C1)c1cccc2ccccc12. The number of piperidine rings is 1. The molecule has 2 aliphatic rings. The van der Waals surface area contributed by atoms with Gasteiger partial charge in [0.2, 0.25) is 0 Å². The van der Waals surface area contributed by atoms with Crippen LogP contribution in [0.3, 0.4) is 0 Å². The maximum absolute atomic E-state index is 12.3. The first-order valence-electron chi connectivity index (χ1n) is 13.1. The molecule has 0 radical (unpaired) electrons. The second-order valence-electron chi connectivity index (χ2n) is 10.1. The molecule has 0 saturated carbocycles. The molecule has 0 spiro atoms. The summed E-state index contributed by atoms with van der Waals surface area (Å²) in [4.78, 5) is 14.7. The molecule has 0 amide bonds. The summed E-state index contributed by atoms with van der Waals surface area (Å²) in [7, 11) is 0. The number of nitrogens with one attached hydrogen (secondary N) is 2. The lowest BCUT2D eigenvalue weighted by atomic mass is 9.99. The van der Waals surface area contributed by atoms with E-state index < -0.39 is 0 Å². The molecule has 5 rings (SSSR count). The van der Waals surface area contributed by atoms with Crippen LogP contribution in [-0.2, 0) is 16.0 Å². The zero-order chi connectivity index (χ0) is 24.0. The lowest BCUT2D eigenvalue weighted by Gasteiger charge is -2.23. The molecule has 2 atom stereocenters. The Morgan fingerprint density at radius 1 is 1.03 bits per heavy atom. The number of ether oxygens (including phenoxy) is 1. The fourth-order valence-corrected chi connectivity index (χ4v) is 5.50. The topological polar surface area (TPSA) is 53.6 Å². The van der Waals surface area contributed by atoms with Crippen molar-refractivity contribution in [2.75, 3.05) is 37.7 Å². The molecule has 0 unspecified atom stereocenters. The van der Waals surface area contributed by atoms with Crippen molar-refractivity contribution in [1.82, 2.24) is 10.6 Å². The number of fused-ring (bicyclic) bond motifs is 1. The van der Waals surface area contributed by atoms with Crippen LogP contribution >= 0.6 is 0 Å². The van der Waals surface area contributed by atoms with Gasteiger partial charge in [-0.05, 0) is 79.2 Å². The summed E-state index contributed by atoms with van der Waals surface area (Å²) in [6.07, 6.45) is 3.65. The number of nitrogens with zero attached hydrogens (tertiary/aromatic N) is 1. The summed E-state index contributed by atoms with van der Waals surface area (Å²) in [5.74, 6) is 0.381. The van der Waals surface area contributed by atoms with Crippen LogP contribution in [0.15, 0.2) is 66.7 Å². The molecule has 2 N–H and O–H groups in total. The molecular weight excluding hydrogens is 434 g/mol. The predicted octanol–water partition coefficient (Wildman–Crippen LogP) is 4.85. The number of anilines is 1. The highest BCUT2D eigenvalue weighted by Crippen LogP contribution is 2.27. The monoisotopic (exact) mass is 471 g/mol. The zero-order valence-electron chi connectivity index (χ0n) is 20.7. The van der Waals surface area contributed by atoms with Gasteiger partial charge in [-0.1, -0.05) is 54.6 Å². The standard InChI is InChI=1S/C30H37N3O2/c1-22(28-8-4-6-25-5-2-3-7-29(25)28)32-26-15-18-33(20-26)27-11-9-23(10-12-27)19-30(34)35-21-24-13-16-31-17-14-24/h2-12,22,24,26,31-32H,13-21H2,1H3/t22-,26+/m1/s1. The van der Waals surface area contributed by atoms with E-state index in [0.717, 1.165) is 51.0 Å². The summed E-state index contributed by atoms with van der Waals surface area (Å²) >= 11 is 0. The fourth-order valence-electron chi connectivity index (χ4n) is 5.50. The summed E-state index contributed by atoms with van der Waals surface area (Å²) in [5.41, 5.74) is 3.60. The van der Waals surface area contributed by atoms with Crippen LogP contribution in [0, 0.1) is 5.92 Å². The number of carbonyl (C=O) groups is 1. The lowest BCUT2D eigenvalue weighted by Crippen LogP contribution is -2.34. The molecule has 0 bridgehead atoms. The maximum atomic E-state index is 12.3. The van der Waals surface area contributed by atoms with E-state index in [9.17, 15) is 4.79 Å². The van der Waals surface area contributed by atoms with Gasteiger partial charge in [0, 0.05) is 30.9 Å². The summed E-state index contributed by atoms with van der Waals surface area (Å²) in [6.45, 7) is 6.91. The third-order valence-electron chi connectivity index (χ3n) is 7.55. The summed E-state index contributed by atoms with van der Waals surface area (Å²) < 4.78 is 5.54. The van der Waals surface area contributed by atoms with E-state index in [1.54, 1.807) is 0 Å². The minimum absolute atomic E-state index is 0.121. The highest BCUT2D eigenvalue weighted by atomic mass is 16.5. The zero-order valence-corrected chi connectivity index (χ0v) is 20.7. The van der Waals surface area contributed by atoms with Crippen LogP contribution < -0.4 is 15.5 Å². The Bertz CT molecular complexity index is 1120. The lowest BCUT2D eigenvalue weighted by molar-refractivity contribution is -0.144. The Balaban J connectivity index is 1.11. The van der Waals surface area contributed by atoms with Crippen molar-refractivity contribution >= 4 is 22.4 Å². The maximum Gasteiger partial charge on any atom is 0.310 e. The summed E-state index contributed by atoms with van der Waals surface area (Å²) in [6, 6.07) is 24.4. The average Bonchev–Trinajstić information content (AvgIpc) is 3.36. The molecule has 2 aliphatic heterocycles. The van der Waals surface area contributed by atoms with E-state index in [-0.39, 0.29) is 5.97 Å². The van der Waals surface area contributed by atoms with Crippen molar-refractivity contribution in [1.29, 1.82) is 0 Å². The van der Waals surface area contributed by atoms with Crippen LogP contribution in [0.4, 0.5) is 5.69 Å². The highest BCUT2D eigenvalue weighted by Gasteiger charge is 2.24. The van der Waals surface area contributed by atoms with E-state index in [1.807, 2.05) is 0 Å². The number of carbonyl (C=O) groups excluding carboxylic acids is 1. The van der Waals surface area contributed by atoms with Crippen molar-refractivity contribution in [3.63, 3.8) is 0 Å². The largest absolute Gasteiger partial charge is 0.465 e. The van der Waals surface area contributed by atoms with Gasteiger partial charge in [-0.2, -0.15) is 0 Å². The average molecular weight is 472 g/mol. The molecule has 0 aromatic heterocycles. The Morgan fingerprint density at radius 2 is 1.80 bits per heavy atom. The summed E-state index contributed by atoms with van der Waals surface area (Å²) in [5, 5.41) is 9.83. The van der Waals surface area contributed by atoms with Crippen molar-refractivity contribution < 1.29 is 9.53 Å². The fraction of sp³-hybridized carbons (Fsp3) is 0.433. The van der Waals surface area contributed by atoms with Crippen molar-refractivity contribution in [2.24, 2.45) is 5.92 Å². The highest BCUT2D eigenvalue weighted by molar-refractivity contribution is 5.86. The molecule has 35 heavy (non-hydrogen) atoms. The quantitative estimate of drug-likeness (QED) is 0.460. The van der Waals surface area contributed by atoms with E-state index in [1.165, 1.54) is 22.0 Å². The number of esters is 1. The van der Waals surface area contributed by atoms with Crippen LogP contribution in [0.2, 0.25) is 0 Å². The third kappa shape index (κ3) is 6.03. The molecule has 184 valence electrons. The van der Waals surface area contributed by atoms with Gasteiger partial charge >= 0.3 is 5.97 Å². The van der Waals surface area contributed by atoms with Gasteiger partial charge in [-0.15, -0.1) is 0 Å². The molecule has 5 nitrogen and oxygen atoms in total. The molecule has 3 aromatic carbocycles. The molecular formula is C30H37N3O2. The van der Waals surface area contributed by atoms with Gasteiger partial charge < -0.3 is 20.3 Å². The van der Waals surface area contributed by atoms with Gasteiger partial charge in [0.05, 0.1) is 13.0 Å². The van der Waals surface area contributed by atoms with Crippen LogP contribution in [0.1, 0.15) is 43.4 Å². The number of benzene rings is 3. The Labute approximate surface area is 208 Å². The first-order chi connectivity index (χ1) is 17.2. The molecule has 2 heterocycles. The van der Waals surface area contributed by atoms with Crippen LogP contribution in [0.5, 0.6) is 0 Å². The predicted molar refractivity (Wildman–Crippen MR) is 143 cm³/mol. The number of hydrogen-bond acceptors (Lipinski definition) is 5. The van der Waals surface area contributed by atoms with E-state index in [2.05, 4.69) is 89.2 Å². The second kappa shape index (κ2) is 11.2. The molecule has 3 aromatic rings. The minimum Gasteiger partial charge on any atom is -0.465 e. The van der Waals surface area contributed by atoms with Crippen LogP contribution in [0.25, 0.3) is 10.8 Å². The normalized spacial score (nSPS) is 19.7. The molecule has 2 fully saturated rings. The smallest absolute Gasteiger partial charge is 0.310 e. The number of hydrogen-bond donors (Lipinski definition) is 2. The molecule has 2 saturated heterocycles. The van der Waals surface area contributed by atoms with Gasteiger partial charge in [0.25, 0.3) is 0 Å². The molecule has 0 aliphatic carbocycles. The third-order valence-corrected chi connectivity index (χ3v) is 7.55. The first-order valence-corrected chi connectivity index (χ1v) is 13.1. The van der Waals surface area contributed by atoms with Gasteiger partial charge in [-0.3, -0.25) is 4.79 Å².